The van der Waals surface area contributed by atoms with Crippen LogP contribution >= 0.6 is 0 Å². The summed E-state index contributed by atoms with van der Waals surface area (Å²) in [6, 6.07) is 28.2. The highest BCUT2D eigenvalue weighted by Gasteiger charge is 2.36. The Labute approximate surface area is 369 Å². The van der Waals surface area contributed by atoms with E-state index in [1.807, 2.05) is 0 Å². The van der Waals surface area contributed by atoms with Gasteiger partial charge in [0, 0.05) is 44.8 Å². The van der Waals surface area contributed by atoms with Crippen molar-refractivity contribution in [1.82, 2.24) is 0 Å². The fourth-order valence-electron chi connectivity index (χ4n) is 9.54. The van der Waals surface area contributed by atoms with E-state index in [1.54, 1.807) is 0 Å². The van der Waals surface area contributed by atoms with Crippen LogP contribution in [0.2, 0.25) is 0 Å². The number of nitrogens with zero attached hydrogens (tertiary/aromatic N) is 4. The minimum atomic E-state index is -0.874. The van der Waals surface area contributed by atoms with E-state index in [2.05, 4.69) is 228 Å². The molecule has 0 saturated carbocycles. The first kappa shape index (κ1) is 45.4. The van der Waals surface area contributed by atoms with Crippen LogP contribution in [0.4, 0.5) is 22.7 Å². The molecule has 320 valence electrons. The summed E-state index contributed by atoms with van der Waals surface area (Å²) >= 11 is 0. The molecule has 0 aromatic heterocycles. The van der Waals surface area contributed by atoms with Crippen LogP contribution in [-0.2, 0) is 0 Å². The van der Waals surface area contributed by atoms with Gasteiger partial charge in [-0.15, -0.1) is 0 Å². The molecule has 4 aromatic carbocycles. The maximum absolute atomic E-state index is 2.74. The third-order valence-electron chi connectivity index (χ3n) is 12.8. The van der Waals surface area contributed by atoms with E-state index < -0.39 is 9.04 Å². The van der Waals surface area contributed by atoms with E-state index in [1.165, 1.54) is 72.7 Å². The van der Waals surface area contributed by atoms with Crippen LogP contribution in [0.15, 0.2) is 97.6 Å². The lowest BCUT2D eigenvalue weighted by atomic mass is 9.91. The first-order valence-electron chi connectivity index (χ1n) is 23.2. The molecule has 0 bridgehead atoms. The quantitative estimate of drug-likeness (QED) is 0.117. The van der Waals surface area contributed by atoms with Crippen molar-refractivity contribution in [3.05, 3.63) is 142 Å². The Kier molecular flexibility index (Phi) is 14.3. The first-order chi connectivity index (χ1) is 28.5. The molecule has 0 radical (unpaired) electrons. The summed E-state index contributed by atoms with van der Waals surface area (Å²) in [5, 5.41) is 0. The summed E-state index contributed by atoms with van der Waals surface area (Å²) < 4.78 is 0. The third-order valence-corrected chi connectivity index (χ3v) is 18.2. The highest BCUT2D eigenvalue weighted by atomic mass is 29.1. The Morgan fingerprint density at radius 1 is 0.350 bits per heavy atom. The molecule has 0 unspecified atom stereocenters. The fourth-order valence-corrected chi connectivity index (χ4v) is 15.7. The molecular weight excluding hydrogens is 761 g/mol. The van der Waals surface area contributed by atoms with E-state index in [0.717, 1.165) is 0 Å². The highest BCUT2D eigenvalue weighted by Crippen LogP contribution is 2.45. The fraction of sp³-hybridized carbons (Fsp3) is 0.463. The number of hydrogen-bond acceptors (Lipinski definition) is 4. The lowest BCUT2D eigenvalue weighted by Gasteiger charge is -2.38. The van der Waals surface area contributed by atoms with Gasteiger partial charge in [0.25, 0.3) is 0 Å². The van der Waals surface area contributed by atoms with Crippen molar-refractivity contribution >= 4 is 45.9 Å². The normalized spacial score (nSPS) is 15.1. The average molecular weight is 837 g/mol. The molecule has 0 amide bonds. The summed E-state index contributed by atoms with van der Waals surface area (Å²) in [6.07, 6.45) is 9.75. The Morgan fingerprint density at radius 3 is 0.817 bits per heavy atom. The minimum absolute atomic E-state index is 0.113. The molecular formula is C54H76N4Si2. The van der Waals surface area contributed by atoms with Crippen molar-refractivity contribution in [1.29, 1.82) is 0 Å². The summed E-state index contributed by atoms with van der Waals surface area (Å²) in [5.74, 6) is 3.48. The molecule has 2 aliphatic rings. The third kappa shape index (κ3) is 8.79. The Balaban J connectivity index is 1.65. The maximum atomic E-state index is 2.74. The molecule has 0 spiro atoms. The zero-order valence-corrected chi connectivity index (χ0v) is 42.6. The topological polar surface area (TPSA) is 13.0 Å². The standard InChI is InChI=1S/C54H76N4Si2/c1-33(2)41-21-17-22-42(34(3)4)49(41)55-29-30-56(50-43(35(5)6)23-18-24-44(50)36(7)8)53(55)59-60-54-57(51-45(37(9)10)25-19-26-46(51)38(11)12)31-32-58(54)52-47(39(13)14)27-20-28-48(52)40(15)16/h17-40,53,60H,59H2,1-16H3. The highest BCUT2D eigenvalue weighted by molar-refractivity contribution is 7.06. The predicted molar refractivity (Wildman–Crippen MR) is 271 cm³/mol. The van der Waals surface area contributed by atoms with Crippen molar-refractivity contribution in [2.45, 2.75) is 164 Å². The van der Waals surface area contributed by atoms with E-state index >= 15 is 0 Å². The largest absolute Gasteiger partial charge is 0.329 e. The van der Waals surface area contributed by atoms with Crippen LogP contribution in [0.3, 0.4) is 0 Å². The van der Waals surface area contributed by atoms with Crippen molar-refractivity contribution in [3.8, 4) is 0 Å². The average Bonchev–Trinajstić information content (AvgIpc) is 3.82. The second-order valence-corrected chi connectivity index (χ2v) is 24.6. The monoisotopic (exact) mass is 837 g/mol. The van der Waals surface area contributed by atoms with Gasteiger partial charge in [-0.3, -0.25) is 0 Å². The van der Waals surface area contributed by atoms with Gasteiger partial charge < -0.3 is 19.6 Å². The first-order valence-corrected chi connectivity index (χ1v) is 27.8. The summed E-state index contributed by atoms with van der Waals surface area (Å²) in [4.78, 5) is 10.8. The second kappa shape index (κ2) is 18.9. The molecule has 0 aliphatic carbocycles. The summed E-state index contributed by atoms with van der Waals surface area (Å²) in [6.45, 7) is 37.9. The SMILES string of the molecule is CC(C)c1cccc(C(C)C)c1N1C=CN(c2c(C(C)C)cccc2C(C)C)C1=[SiH][SiH2]C1N(c2c(C(C)C)cccc2C(C)C)C=CN1c1c(C(C)C)cccc1C(C)C. The zero-order valence-electron chi connectivity index (χ0n) is 40.0. The van der Waals surface area contributed by atoms with Crippen molar-refractivity contribution in [3.63, 3.8) is 0 Å². The smallest absolute Gasteiger partial charge is 0.0910 e. The molecule has 2 heterocycles. The van der Waals surface area contributed by atoms with Gasteiger partial charge >= 0.3 is 0 Å². The van der Waals surface area contributed by atoms with Crippen molar-refractivity contribution in [2.24, 2.45) is 0 Å². The molecule has 4 aromatic rings. The molecule has 6 heteroatoms. The summed E-state index contributed by atoms with van der Waals surface area (Å²) in [7, 11) is -0.987. The lowest BCUT2D eigenvalue weighted by molar-refractivity contribution is 0.784. The number of rotatable bonds is 14. The van der Waals surface area contributed by atoms with E-state index in [9.17, 15) is 0 Å². The Morgan fingerprint density at radius 2 is 0.583 bits per heavy atom. The van der Waals surface area contributed by atoms with Crippen LogP contribution in [0, 0.1) is 0 Å². The van der Waals surface area contributed by atoms with E-state index in [4.69, 9.17) is 0 Å². The molecule has 60 heavy (non-hydrogen) atoms. The predicted octanol–water partition coefficient (Wildman–Crippen LogP) is 13.9. The number of benzene rings is 4. The minimum Gasteiger partial charge on any atom is -0.329 e. The van der Waals surface area contributed by atoms with Gasteiger partial charge in [0.1, 0.15) is 0 Å². The van der Waals surface area contributed by atoms with Crippen LogP contribution in [-0.4, -0.2) is 28.9 Å². The van der Waals surface area contributed by atoms with E-state index in [-0.39, 0.29) is 14.4 Å². The Hall–Kier alpha value is -4.14. The van der Waals surface area contributed by atoms with Crippen molar-refractivity contribution < 1.29 is 0 Å². The number of anilines is 4. The summed E-state index contributed by atoms with van der Waals surface area (Å²) in [5.41, 5.74) is 18.6. The van der Waals surface area contributed by atoms with Crippen LogP contribution in [0.5, 0.6) is 0 Å². The number of para-hydroxylation sites is 4. The zero-order chi connectivity index (χ0) is 43.7. The van der Waals surface area contributed by atoms with Gasteiger partial charge in [0.05, 0.1) is 31.6 Å². The molecule has 0 fully saturated rings. The molecule has 0 saturated heterocycles. The Bertz CT molecular complexity index is 1970. The maximum Gasteiger partial charge on any atom is 0.0910 e. The van der Waals surface area contributed by atoms with Gasteiger partial charge in [-0.1, -0.05) is 184 Å². The molecule has 4 nitrogen and oxygen atoms in total. The van der Waals surface area contributed by atoms with Crippen LogP contribution in [0.25, 0.3) is 0 Å². The van der Waals surface area contributed by atoms with Gasteiger partial charge in [-0.05, 0) is 91.9 Å². The van der Waals surface area contributed by atoms with Crippen LogP contribution < -0.4 is 19.6 Å². The second-order valence-electron chi connectivity index (χ2n) is 19.8. The van der Waals surface area contributed by atoms with Gasteiger partial charge in [0.2, 0.25) is 0 Å². The molecule has 0 N–H and O–H groups in total. The van der Waals surface area contributed by atoms with Crippen molar-refractivity contribution in [2.75, 3.05) is 19.6 Å². The van der Waals surface area contributed by atoms with Crippen LogP contribution in [0.1, 0.15) is 203 Å². The number of hydrogen-bond donors (Lipinski definition) is 0. The van der Waals surface area contributed by atoms with Gasteiger partial charge in [-0.2, -0.15) is 0 Å². The molecule has 2 aliphatic heterocycles. The molecule has 0 atom stereocenters. The van der Waals surface area contributed by atoms with Gasteiger partial charge in [-0.25, -0.2) is 0 Å². The lowest BCUT2D eigenvalue weighted by Crippen LogP contribution is -2.49. The molecule has 6 rings (SSSR count). The van der Waals surface area contributed by atoms with Gasteiger partial charge in [0.15, 0.2) is 0 Å². The van der Waals surface area contributed by atoms with E-state index in [0.29, 0.717) is 47.3 Å².